The van der Waals surface area contributed by atoms with Gasteiger partial charge in [-0.05, 0) is 27.3 Å². The maximum atomic E-state index is 6.02. The van der Waals surface area contributed by atoms with Gasteiger partial charge in [-0.2, -0.15) is 0 Å². The van der Waals surface area contributed by atoms with Crippen LogP contribution in [-0.2, 0) is 6.42 Å². The van der Waals surface area contributed by atoms with Gasteiger partial charge < -0.3 is 10.2 Å². The van der Waals surface area contributed by atoms with E-state index in [2.05, 4.69) is 48.0 Å². The van der Waals surface area contributed by atoms with Crippen LogP contribution in [0.2, 0.25) is 5.15 Å². The molecule has 0 atom stereocenters. The smallest absolute Gasteiger partial charge is 0.137 e. The van der Waals surface area contributed by atoms with Crippen molar-refractivity contribution in [3.05, 3.63) is 17.0 Å². The summed E-state index contributed by atoms with van der Waals surface area (Å²) in [6, 6.07) is 0.552. The second-order valence-electron chi connectivity index (χ2n) is 4.35. The first-order valence-corrected chi connectivity index (χ1v) is 6.37. The molecule has 0 unspecified atom stereocenters. The van der Waals surface area contributed by atoms with Crippen LogP contribution >= 0.6 is 11.6 Å². The molecule has 0 bridgehead atoms. The summed E-state index contributed by atoms with van der Waals surface area (Å²) in [5.41, 5.74) is 0.987. The number of likely N-dealkylation sites (N-methyl/N-ethyl adjacent to an activating group) is 1. The Morgan fingerprint density at radius 2 is 2.12 bits per heavy atom. The van der Waals surface area contributed by atoms with Crippen LogP contribution in [-0.4, -0.2) is 41.0 Å². The molecule has 4 nitrogen and oxygen atoms in total. The van der Waals surface area contributed by atoms with E-state index in [0.717, 1.165) is 30.9 Å². The van der Waals surface area contributed by atoms with E-state index in [1.54, 1.807) is 0 Å². The molecule has 0 saturated heterocycles. The largest absolute Gasteiger partial charge is 0.368 e. The number of halogens is 1. The molecule has 17 heavy (non-hydrogen) atoms. The molecule has 0 aliphatic rings. The number of rotatable bonds is 6. The minimum Gasteiger partial charge on any atom is -0.368 e. The van der Waals surface area contributed by atoms with Gasteiger partial charge in [-0.3, -0.25) is 0 Å². The van der Waals surface area contributed by atoms with Gasteiger partial charge in [-0.25, -0.2) is 9.97 Å². The van der Waals surface area contributed by atoms with Gasteiger partial charge in [-0.15, -0.1) is 0 Å². The first kappa shape index (κ1) is 14.2. The van der Waals surface area contributed by atoms with Crippen LogP contribution in [0.25, 0.3) is 0 Å². The van der Waals surface area contributed by atoms with Crippen LogP contribution in [0.1, 0.15) is 26.3 Å². The third-order valence-corrected chi connectivity index (χ3v) is 3.21. The molecule has 0 aromatic carbocycles. The highest BCUT2D eigenvalue weighted by Gasteiger charge is 2.08. The van der Waals surface area contributed by atoms with Gasteiger partial charge in [0.2, 0.25) is 0 Å². The molecule has 1 N–H and O–H groups in total. The molecule has 0 amide bonds. The fourth-order valence-corrected chi connectivity index (χ4v) is 1.73. The topological polar surface area (TPSA) is 41.1 Å². The number of hydrogen-bond acceptors (Lipinski definition) is 4. The van der Waals surface area contributed by atoms with Crippen LogP contribution in [0.3, 0.4) is 0 Å². The van der Waals surface area contributed by atoms with Gasteiger partial charge in [0.15, 0.2) is 0 Å². The van der Waals surface area contributed by atoms with Crippen molar-refractivity contribution in [2.45, 2.75) is 33.2 Å². The average Bonchev–Trinajstić information content (AvgIpc) is 2.29. The van der Waals surface area contributed by atoms with Crippen molar-refractivity contribution in [1.29, 1.82) is 0 Å². The molecule has 0 aliphatic carbocycles. The van der Waals surface area contributed by atoms with Crippen LogP contribution in [0, 0.1) is 0 Å². The maximum Gasteiger partial charge on any atom is 0.137 e. The normalized spacial score (nSPS) is 11.2. The summed E-state index contributed by atoms with van der Waals surface area (Å²) in [5.74, 6) is 0.852. The molecule has 0 saturated carbocycles. The molecule has 1 aromatic rings. The van der Waals surface area contributed by atoms with Crippen molar-refractivity contribution in [2.75, 3.05) is 25.5 Å². The molecule has 1 heterocycles. The van der Waals surface area contributed by atoms with Crippen molar-refractivity contribution >= 4 is 17.4 Å². The van der Waals surface area contributed by atoms with Gasteiger partial charge in [0, 0.05) is 24.7 Å². The van der Waals surface area contributed by atoms with Gasteiger partial charge in [0.1, 0.15) is 17.3 Å². The average molecular weight is 257 g/mol. The summed E-state index contributed by atoms with van der Waals surface area (Å²) < 4.78 is 0. The van der Waals surface area contributed by atoms with Crippen molar-refractivity contribution in [1.82, 2.24) is 14.9 Å². The van der Waals surface area contributed by atoms with E-state index >= 15 is 0 Å². The Bertz CT molecular complexity index is 354. The van der Waals surface area contributed by atoms with Crippen LogP contribution in [0.15, 0.2) is 6.33 Å². The molecule has 1 rings (SSSR count). The van der Waals surface area contributed by atoms with Gasteiger partial charge in [0.05, 0.1) is 0 Å². The zero-order chi connectivity index (χ0) is 12.8. The third kappa shape index (κ3) is 4.13. The minimum absolute atomic E-state index is 0.544. The van der Waals surface area contributed by atoms with Crippen molar-refractivity contribution in [3.63, 3.8) is 0 Å². The van der Waals surface area contributed by atoms with Gasteiger partial charge >= 0.3 is 0 Å². The summed E-state index contributed by atoms with van der Waals surface area (Å²) in [4.78, 5) is 10.5. The Labute approximate surface area is 108 Å². The molecule has 0 spiro atoms. The third-order valence-electron chi connectivity index (χ3n) is 2.88. The van der Waals surface area contributed by atoms with Crippen molar-refractivity contribution in [3.8, 4) is 0 Å². The van der Waals surface area contributed by atoms with Crippen molar-refractivity contribution in [2.24, 2.45) is 0 Å². The first-order valence-electron chi connectivity index (χ1n) is 5.99. The Morgan fingerprint density at radius 1 is 1.41 bits per heavy atom. The zero-order valence-corrected chi connectivity index (χ0v) is 11.8. The summed E-state index contributed by atoms with van der Waals surface area (Å²) in [6.07, 6.45) is 2.33. The number of nitrogens with one attached hydrogen (secondary N) is 1. The Morgan fingerprint density at radius 3 is 2.71 bits per heavy atom. The van der Waals surface area contributed by atoms with E-state index in [1.807, 2.05) is 0 Å². The first-order chi connectivity index (χ1) is 8.06. The highest BCUT2D eigenvalue weighted by atomic mass is 35.5. The fourth-order valence-electron chi connectivity index (χ4n) is 1.47. The van der Waals surface area contributed by atoms with E-state index in [-0.39, 0.29) is 0 Å². The SMILES string of the molecule is CCc1c(Cl)ncnc1NCCN(C)C(C)C. The lowest BCUT2D eigenvalue weighted by molar-refractivity contribution is 0.284. The standard InChI is InChI=1S/C12H21ClN4/c1-5-10-11(13)15-8-16-12(10)14-6-7-17(4)9(2)3/h8-9H,5-7H2,1-4H3,(H,14,15,16). The molecule has 0 fully saturated rings. The molecule has 0 radical (unpaired) electrons. The van der Waals surface area contributed by atoms with E-state index < -0.39 is 0 Å². The monoisotopic (exact) mass is 256 g/mol. The Balaban J connectivity index is 2.55. The number of nitrogens with zero attached hydrogens (tertiary/aromatic N) is 3. The second kappa shape index (κ2) is 6.77. The van der Waals surface area contributed by atoms with Crippen LogP contribution in [0.4, 0.5) is 5.82 Å². The highest BCUT2D eigenvalue weighted by molar-refractivity contribution is 6.30. The van der Waals surface area contributed by atoms with E-state index in [0.29, 0.717) is 11.2 Å². The highest BCUT2D eigenvalue weighted by Crippen LogP contribution is 2.19. The second-order valence-corrected chi connectivity index (χ2v) is 4.70. The van der Waals surface area contributed by atoms with E-state index in [1.165, 1.54) is 6.33 Å². The minimum atomic E-state index is 0.544. The number of aromatic nitrogens is 2. The summed E-state index contributed by atoms with van der Waals surface area (Å²) in [5, 5.41) is 3.86. The lowest BCUT2D eigenvalue weighted by atomic mass is 10.2. The van der Waals surface area contributed by atoms with Crippen LogP contribution in [0.5, 0.6) is 0 Å². The molecule has 1 aromatic heterocycles. The molecular formula is C12H21ClN4. The lowest BCUT2D eigenvalue weighted by Gasteiger charge is -2.21. The quantitative estimate of drug-likeness (QED) is 0.794. The predicted molar refractivity (Wildman–Crippen MR) is 72.7 cm³/mol. The van der Waals surface area contributed by atoms with E-state index in [9.17, 15) is 0 Å². The van der Waals surface area contributed by atoms with E-state index in [4.69, 9.17) is 11.6 Å². The number of hydrogen-bond donors (Lipinski definition) is 1. The molecule has 96 valence electrons. The van der Waals surface area contributed by atoms with Gasteiger partial charge in [-0.1, -0.05) is 18.5 Å². The molecular weight excluding hydrogens is 236 g/mol. The van der Waals surface area contributed by atoms with Gasteiger partial charge in [0.25, 0.3) is 0 Å². The van der Waals surface area contributed by atoms with Crippen LogP contribution < -0.4 is 5.32 Å². The number of anilines is 1. The summed E-state index contributed by atoms with van der Waals surface area (Å²) in [7, 11) is 2.11. The Kier molecular flexibility index (Phi) is 5.65. The fraction of sp³-hybridized carbons (Fsp3) is 0.667. The summed E-state index contributed by atoms with van der Waals surface area (Å²) in [6.45, 7) is 8.24. The van der Waals surface area contributed by atoms with Crippen molar-refractivity contribution < 1.29 is 0 Å². The maximum absolute atomic E-state index is 6.02. The Hall–Kier alpha value is -0.870. The lowest BCUT2D eigenvalue weighted by Crippen LogP contribution is -2.31. The molecule has 5 heteroatoms. The molecule has 0 aliphatic heterocycles. The predicted octanol–water partition coefficient (Wildman–Crippen LogP) is 2.44. The summed E-state index contributed by atoms with van der Waals surface area (Å²) >= 11 is 6.02. The zero-order valence-electron chi connectivity index (χ0n) is 11.0.